The van der Waals surface area contributed by atoms with Gasteiger partial charge in [0.1, 0.15) is 11.6 Å². The zero-order valence-electron chi connectivity index (χ0n) is 14.3. The van der Waals surface area contributed by atoms with Gasteiger partial charge in [-0.2, -0.15) is 5.26 Å². The van der Waals surface area contributed by atoms with Crippen LogP contribution in [0, 0.1) is 18.3 Å². The molecule has 0 fully saturated rings. The number of nitrogens with one attached hydrogen (secondary N) is 2. The van der Waals surface area contributed by atoms with Crippen LogP contribution in [0.4, 0.5) is 5.69 Å². The highest BCUT2D eigenvalue weighted by Crippen LogP contribution is 2.24. The van der Waals surface area contributed by atoms with E-state index in [1.54, 1.807) is 6.08 Å². The fraction of sp³-hybridized carbons (Fsp3) is 0.143. The maximum atomic E-state index is 12.5. The summed E-state index contributed by atoms with van der Waals surface area (Å²) < 4.78 is 0. The SMILES string of the molecule is CCc1ccc(NC(=O)/C(C#N)=C/c2c(C)[nH]c3ccccc23)cc1. The third-order valence-electron chi connectivity index (χ3n) is 4.22. The van der Waals surface area contributed by atoms with Gasteiger partial charge in [-0.25, -0.2) is 0 Å². The molecule has 0 spiro atoms. The first kappa shape index (κ1) is 16.5. The highest BCUT2D eigenvalue weighted by Gasteiger charge is 2.13. The molecule has 3 aromatic rings. The number of aryl methyl sites for hydroxylation is 2. The number of rotatable bonds is 4. The number of carbonyl (C=O) groups excluding carboxylic acids is 1. The van der Waals surface area contributed by atoms with Gasteiger partial charge in [-0.3, -0.25) is 4.79 Å². The average Bonchev–Trinajstić information content (AvgIpc) is 2.95. The van der Waals surface area contributed by atoms with Gasteiger partial charge in [0.15, 0.2) is 0 Å². The lowest BCUT2D eigenvalue weighted by atomic mass is 10.1. The lowest BCUT2D eigenvalue weighted by molar-refractivity contribution is -0.112. The number of nitriles is 1. The predicted molar refractivity (Wildman–Crippen MR) is 101 cm³/mol. The Morgan fingerprint density at radius 1 is 1.20 bits per heavy atom. The zero-order valence-corrected chi connectivity index (χ0v) is 14.3. The molecule has 0 radical (unpaired) electrons. The van der Waals surface area contributed by atoms with Crippen LogP contribution in [0.1, 0.15) is 23.7 Å². The van der Waals surface area contributed by atoms with Gasteiger partial charge in [0.2, 0.25) is 0 Å². The number of aromatic amines is 1. The number of nitrogens with zero attached hydrogens (tertiary/aromatic N) is 1. The highest BCUT2D eigenvalue weighted by molar-refractivity contribution is 6.11. The number of para-hydroxylation sites is 1. The number of benzene rings is 2. The van der Waals surface area contributed by atoms with Crippen LogP contribution in [0.3, 0.4) is 0 Å². The van der Waals surface area contributed by atoms with Crippen LogP contribution in [0.2, 0.25) is 0 Å². The molecule has 1 heterocycles. The quantitative estimate of drug-likeness (QED) is 0.543. The van der Waals surface area contributed by atoms with E-state index in [1.165, 1.54) is 5.56 Å². The number of amides is 1. The predicted octanol–water partition coefficient (Wildman–Crippen LogP) is 4.58. The summed E-state index contributed by atoms with van der Waals surface area (Å²) in [5.74, 6) is -0.406. The van der Waals surface area contributed by atoms with Crippen molar-refractivity contribution < 1.29 is 4.79 Å². The molecule has 0 aliphatic rings. The summed E-state index contributed by atoms with van der Waals surface area (Å²) >= 11 is 0. The number of aromatic nitrogens is 1. The van der Waals surface area contributed by atoms with Gasteiger partial charge in [-0.05, 0) is 43.2 Å². The molecule has 1 amide bonds. The fourth-order valence-corrected chi connectivity index (χ4v) is 2.80. The van der Waals surface area contributed by atoms with E-state index in [0.29, 0.717) is 5.69 Å². The Kier molecular flexibility index (Phi) is 4.67. The van der Waals surface area contributed by atoms with E-state index in [9.17, 15) is 10.1 Å². The van der Waals surface area contributed by atoms with Crippen LogP contribution < -0.4 is 5.32 Å². The Hall–Kier alpha value is -3.32. The van der Waals surface area contributed by atoms with Crippen molar-refractivity contribution in [1.29, 1.82) is 5.26 Å². The molecule has 4 heteroatoms. The minimum atomic E-state index is -0.406. The van der Waals surface area contributed by atoms with Crippen molar-refractivity contribution >= 4 is 28.6 Å². The summed E-state index contributed by atoms with van der Waals surface area (Å²) in [5, 5.41) is 13.2. The summed E-state index contributed by atoms with van der Waals surface area (Å²) in [5.41, 5.74) is 4.73. The van der Waals surface area contributed by atoms with Crippen LogP contribution in [0.15, 0.2) is 54.1 Å². The van der Waals surface area contributed by atoms with Crippen molar-refractivity contribution in [2.75, 3.05) is 5.32 Å². The Morgan fingerprint density at radius 2 is 1.92 bits per heavy atom. The molecule has 0 unspecified atom stereocenters. The van der Waals surface area contributed by atoms with E-state index < -0.39 is 5.91 Å². The molecule has 0 atom stereocenters. The third kappa shape index (κ3) is 3.46. The molecule has 0 saturated heterocycles. The van der Waals surface area contributed by atoms with Crippen LogP contribution in [-0.2, 0) is 11.2 Å². The molecular weight excluding hydrogens is 310 g/mol. The minimum Gasteiger partial charge on any atom is -0.358 e. The van der Waals surface area contributed by atoms with Gasteiger partial charge in [0, 0.05) is 27.8 Å². The number of fused-ring (bicyclic) bond motifs is 1. The van der Waals surface area contributed by atoms with Gasteiger partial charge in [-0.1, -0.05) is 37.3 Å². The molecule has 4 nitrogen and oxygen atoms in total. The molecule has 0 bridgehead atoms. The molecule has 0 aliphatic carbocycles. The molecular formula is C21H19N3O. The van der Waals surface area contributed by atoms with Gasteiger partial charge in [0.25, 0.3) is 5.91 Å². The third-order valence-corrected chi connectivity index (χ3v) is 4.22. The van der Waals surface area contributed by atoms with Crippen molar-refractivity contribution in [3.8, 4) is 6.07 Å². The topological polar surface area (TPSA) is 68.7 Å². The van der Waals surface area contributed by atoms with Crippen LogP contribution in [0.25, 0.3) is 17.0 Å². The second-order valence-corrected chi connectivity index (χ2v) is 5.88. The average molecular weight is 329 g/mol. The van der Waals surface area contributed by atoms with Crippen LogP contribution in [0.5, 0.6) is 0 Å². The van der Waals surface area contributed by atoms with Crippen molar-refractivity contribution in [3.05, 3.63) is 70.9 Å². The van der Waals surface area contributed by atoms with Crippen molar-refractivity contribution in [2.24, 2.45) is 0 Å². The fourth-order valence-electron chi connectivity index (χ4n) is 2.80. The summed E-state index contributed by atoms with van der Waals surface area (Å²) in [6, 6.07) is 17.5. The molecule has 0 saturated carbocycles. The molecule has 124 valence electrons. The number of hydrogen-bond donors (Lipinski definition) is 2. The maximum Gasteiger partial charge on any atom is 0.266 e. The van der Waals surface area contributed by atoms with Crippen molar-refractivity contribution in [1.82, 2.24) is 4.98 Å². The van der Waals surface area contributed by atoms with Crippen molar-refractivity contribution in [2.45, 2.75) is 20.3 Å². The van der Waals surface area contributed by atoms with E-state index in [1.807, 2.05) is 61.5 Å². The van der Waals surface area contributed by atoms with E-state index >= 15 is 0 Å². The maximum absolute atomic E-state index is 12.5. The molecule has 3 rings (SSSR count). The monoisotopic (exact) mass is 329 g/mol. The van der Waals surface area contributed by atoms with Crippen LogP contribution in [-0.4, -0.2) is 10.9 Å². The largest absolute Gasteiger partial charge is 0.358 e. The lowest BCUT2D eigenvalue weighted by Gasteiger charge is -2.05. The number of hydrogen-bond acceptors (Lipinski definition) is 2. The first-order valence-electron chi connectivity index (χ1n) is 8.21. The van der Waals surface area contributed by atoms with E-state index in [0.717, 1.165) is 28.6 Å². The Bertz CT molecular complexity index is 988. The van der Waals surface area contributed by atoms with E-state index in [4.69, 9.17) is 0 Å². The standard InChI is InChI=1S/C21H19N3O/c1-3-15-8-10-17(11-9-15)24-21(25)16(13-22)12-19-14(2)23-20-7-5-4-6-18(19)20/h4-12,23H,3H2,1-2H3,(H,24,25)/b16-12+. The Balaban J connectivity index is 1.90. The van der Waals surface area contributed by atoms with Gasteiger partial charge in [-0.15, -0.1) is 0 Å². The van der Waals surface area contributed by atoms with Gasteiger partial charge >= 0.3 is 0 Å². The summed E-state index contributed by atoms with van der Waals surface area (Å²) in [6.45, 7) is 4.01. The van der Waals surface area contributed by atoms with E-state index in [2.05, 4.69) is 17.2 Å². The minimum absolute atomic E-state index is 0.0763. The molecule has 0 aliphatic heterocycles. The first-order valence-corrected chi connectivity index (χ1v) is 8.21. The number of anilines is 1. The normalized spacial score (nSPS) is 11.3. The smallest absolute Gasteiger partial charge is 0.266 e. The van der Waals surface area contributed by atoms with Crippen molar-refractivity contribution in [3.63, 3.8) is 0 Å². The van der Waals surface area contributed by atoms with E-state index in [-0.39, 0.29) is 5.57 Å². The van der Waals surface area contributed by atoms with Gasteiger partial charge < -0.3 is 10.3 Å². The molecule has 25 heavy (non-hydrogen) atoms. The Labute approximate surface area is 146 Å². The molecule has 2 N–H and O–H groups in total. The highest BCUT2D eigenvalue weighted by atomic mass is 16.1. The Morgan fingerprint density at radius 3 is 2.60 bits per heavy atom. The molecule has 2 aromatic carbocycles. The second kappa shape index (κ2) is 7.06. The lowest BCUT2D eigenvalue weighted by Crippen LogP contribution is -2.13. The zero-order chi connectivity index (χ0) is 17.8. The summed E-state index contributed by atoms with van der Waals surface area (Å²) in [7, 11) is 0. The number of carbonyl (C=O) groups is 1. The summed E-state index contributed by atoms with van der Waals surface area (Å²) in [6.07, 6.45) is 2.58. The van der Waals surface area contributed by atoms with Gasteiger partial charge in [0.05, 0.1) is 0 Å². The molecule has 1 aromatic heterocycles. The second-order valence-electron chi connectivity index (χ2n) is 5.88. The van der Waals surface area contributed by atoms with Crippen LogP contribution >= 0.6 is 0 Å². The number of H-pyrrole nitrogens is 1. The first-order chi connectivity index (χ1) is 12.1. The summed E-state index contributed by atoms with van der Waals surface area (Å²) in [4.78, 5) is 15.7.